The highest BCUT2D eigenvalue weighted by Gasteiger charge is 2.30. The molecule has 1 heterocycles. The summed E-state index contributed by atoms with van der Waals surface area (Å²) in [5.41, 5.74) is 1.80. The van der Waals surface area contributed by atoms with Crippen LogP contribution < -0.4 is 10.0 Å². The molecule has 1 aliphatic carbocycles. The summed E-state index contributed by atoms with van der Waals surface area (Å²) in [6.45, 7) is 0.158. The van der Waals surface area contributed by atoms with Crippen LogP contribution in [0.4, 0.5) is 0 Å². The molecule has 1 aromatic heterocycles. The van der Waals surface area contributed by atoms with Crippen LogP contribution in [0, 0.1) is 0 Å². The third kappa shape index (κ3) is 4.11. The first-order chi connectivity index (χ1) is 13.8. The molecule has 3 aromatic rings. The van der Waals surface area contributed by atoms with Crippen molar-refractivity contribution >= 4 is 50.2 Å². The van der Waals surface area contributed by atoms with Crippen LogP contribution in [0.2, 0.25) is 10.0 Å². The number of fused-ring (bicyclic) bond motifs is 1. The van der Waals surface area contributed by atoms with Crippen molar-refractivity contribution in [3.05, 3.63) is 57.8 Å². The van der Waals surface area contributed by atoms with Gasteiger partial charge in [-0.25, -0.2) is 18.1 Å². The average Bonchev–Trinajstić information content (AvgIpc) is 3.41. The first-order valence-corrected chi connectivity index (χ1v) is 11.2. The fourth-order valence-corrected chi connectivity index (χ4v) is 5.17. The Hall–Kier alpha value is -2.13. The van der Waals surface area contributed by atoms with E-state index in [0.717, 1.165) is 23.9 Å². The summed E-state index contributed by atoms with van der Waals surface area (Å²) < 4.78 is 29.5. The van der Waals surface area contributed by atoms with Crippen LogP contribution in [0.3, 0.4) is 0 Å². The van der Waals surface area contributed by atoms with Crippen molar-refractivity contribution in [1.29, 1.82) is 0 Å². The Kier molecular flexibility index (Phi) is 5.29. The summed E-state index contributed by atoms with van der Waals surface area (Å²) >= 11 is 12.2. The molecule has 1 aliphatic rings. The van der Waals surface area contributed by atoms with E-state index in [-0.39, 0.29) is 33.1 Å². The van der Waals surface area contributed by atoms with E-state index in [1.165, 1.54) is 12.1 Å². The van der Waals surface area contributed by atoms with Gasteiger partial charge in [-0.3, -0.25) is 4.79 Å². The Morgan fingerprint density at radius 1 is 1.21 bits per heavy atom. The second-order valence-electron chi connectivity index (χ2n) is 6.92. The summed E-state index contributed by atoms with van der Waals surface area (Å²) in [5, 5.41) is 2.78. The van der Waals surface area contributed by atoms with Gasteiger partial charge in [0.25, 0.3) is 5.91 Å². The molecule has 1 saturated carbocycles. The SMILES string of the molecule is Cn1c(CNC(=O)c2cc(S(=O)(=O)NC3CC3)c(Cl)cc2Cl)nc2ccccc21. The number of sulfonamides is 1. The number of rotatable bonds is 6. The van der Waals surface area contributed by atoms with Crippen LogP contribution in [0.15, 0.2) is 41.3 Å². The zero-order valence-electron chi connectivity index (χ0n) is 15.4. The number of nitrogens with one attached hydrogen (secondary N) is 2. The number of para-hydroxylation sites is 2. The second kappa shape index (κ2) is 7.60. The van der Waals surface area contributed by atoms with Gasteiger partial charge in [0.05, 0.1) is 33.2 Å². The summed E-state index contributed by atoms with van der Waals surface area (Å²) in [6, 6.07) is 10.0. The van der Waals surface area contributed by atoms with E-state index < -0.39 is 15.9 Å². The van der Waals surface area contributed by atoms with Crippen molar-refractivity contribution in [3.63, 3.8) is 0 Å². The zero-order chi connectivity index (χ0) is 20.8. The molecule has 10 heteroatoms. The van der Waals surface area contributed by atoms with Crippen LogP contribution in [-0.2, 0) is 23.6 Å². The average molecular weight is 453 g/mol. The number of amides is 1. The second-order valence-corrected chi connectivity index (χ2v) is 9.41. The molecule has 2 aromatic carbocycles. The van der Waals surface area contributed by atoms with E-state index >= 15 is 0 Å². The molecular weight excluding hydrogens is 435 g/mol. The molecule has 1 amide bonds. The number of carbonyl (C=O) groups is 1. The van der Waals surface area contributed by atoms with E-state index in [1.54, 1.807) is 0 Å². The molecule has 0 saturated heterocycles. The topological polar surface area (TPSA) is 93.1 Å². The molecule has 1 fully saturated rings. The number of hydrogen-bond donors (Lipinski definition) is 2. The lowest BCUT2D eigenvalue weighted by molar-refractivity contribution is 0.0949. The number of hydrogen-bond acceptors (Lipinski definition) is 4. The largest absolute Gasteiger partial charge is 0.345 e. The monoisotopic (exact) mass is 452 g/mol. The maximum atomic E-state index is 12.7. The smallest absolute Gasteiger partial charge is 0.253 e. The van der Waals surface area contributed by atoms with Gasteiger partial charge in [-0.2, -0.15) is 0 Å². The summed E-state index contributed by atoms with van der Waals surface area (Å²) in [7, 11) is -1.97. The number of imidazole rings is 1. The van der Waals surface area contributed by atoms with Crippen LogP contribution >= 0.6 is 23.2 Å². The van der Waals surface area contributed by atoms with Gasteiger partial charge in [0.1, 0.15) is 10.7 Å². The Labute approximate surface area is 178 Å². The van der Waals surface area contributed by atoms with Gasteiger partial charge in [0, 0.05) is 13.1 Å². The Morgan fingerprint density at radius 2 is 1.93 bits per heavy atom. The van der Waals surface area contributed by atoms with Gasteiger partial charge in [0.2, 0.25) is 10.0 Å². The van der Waals surface area contributed by atoms with Crippen LogP contribution in [0.25, 0.3) is 11.0 Å². The number of aryl methyl sites for hydroxylation is 1. The maximum Gasteiger partial charge on any atom is 0.253 e. The fraction of sp³-hybridized carbons (Fsp3) is 0.263. The van der Waals surface area contributed by atoms with Gasteiger partial charge in [-0.1, -0.05) is 35.3 Å². The van der Waals surface area contributed by atoms with Gasteiger partial charge >= 0.3 is 0 Å². The van der Waals surface area contributed by atoms with Crippen molar-refractivity contribution in [1.82, 2.24) is 19.6 Å². The highest BCUT2D eigenvalue weighted by Crippen LogP contribution is 2.30. The predicted molar refractivity (Wildman–Crippen MR) is 112 cm³/mol. The summed E-state index contributed by atoms with van der Waals surface area (Å²) in [5.74, 6) is 0.148. The van der Waals surface area contributed by atoms with Crippen molar-refractivity contribution in [2.75, 3.05) is 0 Å². The quantitative estimate of drug-likeness (QED) is 0.599. The molecule has 29 heavy (non-hydrogen) atoms. The molecule has 0 atom stereocenters. The minimum atomic E-state index is -3.83. The molecule has 0 radical (unpaired) electrons. The summed E-state index contributed by atoms with van der Waals surface area (Å²) in [6.07, 6.45) is 1.58. The molecular formula is C19H18Cl2N4O3S. The minimum absolute atomic E-state index is 0.0324. The van der Waals surface area contributed by atoms with Gasteiger partial charge in [-0.05, 0) is 37.1 Å². The number of nitrogens with zero attached hydrogens (tertiary/aromatic N) is 2. The van der Waals surface area contributed by atoms with Crippen molar-refractivity contribution in [2.24, 2.45) is 7.05 Å². The van der Waals surface area contributed by atoms with Crippen LogP contribution in [0.5, 0.6) is 0 Å². The Bertz CT molecular complexity index is 1220. The highest BCUT2D eigenvalue weighted by atomic mass is 35.5. The molecule has 0 unspecified atom stereocenters. The van der Waals surface area contributed by atoms with Crippen molar-refractivity contribution in [3.8, 4) is 0 Å². The third-order valence-electron chi connectivity index (χ3n) is 4.74. The van der Waals surface area contributed by atoms with Crippen LogP contribution in [0.1, 0.15) is 29.0 Å². The standard InChI is InChI=1S/C19H18Cl2N4O3S/c1-25-16-5-3-2-4-15(16)23-18(25)10-22-19(26)12-8-17(14(21)9-13(12)20)29(27,28)24-11-6-7-11/h2-5,8-9,11,24H,6-7,10H2,1H3,(H,22,26). The Balaban J connectivity index is 1.57. The van der Waals surface area contributed by atoms with E-state index in [1.807, 2.05) is 35.9 Å². The van der Waals surface area contributed by atoms with Gasteiger partial charge in [0.15, 0.2) is 0 Å². The number of aromatic nitrogens is 2. The van der Waals surface area contributed by atoms with Gasteiger partial charge < -0.3 is 9.88 Å². The lowest BCUT2D eigenvalue weighted by Crippen LogP contribution is -2.28. The molecule has 152 valence electrons. The predicted octanol–water partition coefficient (Wildman–Crippen LogP) is 3.25. The third-order valence-corrected chi connectivity index (χ3v) is 7.04. The first-order valence-electron chi connectivity index (χ1n) is 8.96. The van der Waals surface area contributed by atoms with E-state index in [2.05, 4.69) is 15.0 Å². The molecule has 0 spiro atoms. The zero-order valence-corrected chi connectivity index (χ0v) is 17.8. The van der Waals surface area contributed by atoms with E-state index in [0.29, 0.717) is 5.82 Å². The molecule has 0 bridgehead atoms. The van der Waals surface area contributed by atoms with Crippen LogP contribution in [-0.4, -0.2) is 29.9 Å². The normalized spacial score (nSPS) is 14.3. The summed E-state index contributed by atoms with van der Waals surface area (Å²) in [4.78, 5) is 17.0. The van der Waals surface area contributed by atoms with E-state index in [9.17, 15) is 13.2 Å². The molecule has 0 aliphatic heterocycles. The molecule has 2 N–H and O–H groups in total. The highest BCUT2D eigenvalue weighted by molar-refractivity contribution is 7.89. The van der Waals surface area contributed by atoms with Crippen molar-refractivity contribution in [2.45, 2.75) is 30.3 Å². The van der Waals surface area contributed by atoms with Gasteiger partial charge in [-0.15, -0.1) is 0 Å². The number of carbonyl (C=O) groups excluding carboxylic acids is 1. The molecule has 7 nitrogen and oxygen atoms in total. The van der Waals surface area contributed by atoms with Crippen molar-refractivity contribution < 1.29 is 13.2 Å². The number of halogens is 2. The lowest BCUT2D eigenvalue weighted by atomic mass is 10.2. The Morgan fingerprint density at radius 3 is 2.62 bits per heavy atom. The number of benzene rings is 2. The minimum Gasteiger partial charge on any atom is -0.345 e. The van der Waals surface area contributed by atoms with E-state index in [4.69, 9.17) is 23.2 Å². The fourth-order valence-electron chi connectivity index (χ4n) is 3.00. The first kappa shape index (κ1) is 20.2. The molecule has 4 rings (SSSR count). The lowest BCUT2D eigenvalue weighted by Gasteiger charge is -2.12. The maximum absolute atomic E-state index is 12.7.